The van der Waals surface area contributed by atoms with Crippen LogP contribution in [-0.4, -0.2) is 37.7 Å². The van der Waals surface area contributed by atoms with Gasteiger partial charge in [0.25, 0.3) is 0 Å². The lowest BCUT2D eigenvalue weighted by Gasteiger charge is -2.18. The van der Waals surface area contributed by atoms with Gasteiger partial charge < -0.3 is 15.0 Å². The molecule has 2 rings (SSSR count). The van der Waals surface area contributed by atoms with E-state index in [2.05, 4.69) is 5.32 Å². The molecule has 2 amide bonds. The maximum atomic E-state index is 11.9. The van der Waals surface area contributed by atoms with Crippen molar-refractivity contribution in [3.8, 4) is 0 Å². The smallest absolute Gasteiger partial charge is 0.317 e. The number of nitrogens with one attached hydrogen (secondary N) is 1. The Labute approximate surface area is 116 Å². The van der Waals surface area contributed by atoms with Gasteiger partial charge in [0.2, 0.25) is 0 Å². The second-order valence-electron chi connectivity index (χ2n) is 4.48. The van der Waals surface area contributed by atoms with E-state index < -0.39 is 0 Å². The van der Waals surface area contributed by atoms with Crippen molar-refractivity contribution in [2.45, 2.75) is 13.0 Å². The monoisotopic (exact) mass is 288 g/mol. The number of hydrogen-bond donors (Lipinski definition) is 1. The van der Waals surface area contributed by atoms with Crippen molar-refractivity contribution >= 4 is 29.0 Å². The quantitative estimate of drug-likeness (QED) is 0.925. The number of urea groups is 1. The lowest BCUT2D eigenvalue weighted by atomic mass is 10.1. The van der Waals surface area contributed by atoms with Crippen LogP contribution in [0.5, 0.6) is 0 Å². The van der Waals surface area contributed by atoms with E-state index >= 15 is 0 Å². The first-order chi connectivity index (χ1) is 8.65. The minimum Gasteiger partial charge on any atom is -0.381 e. The summed E-state index contributed by atoms with van der Waals surface area (Å²) in [5.41, 5.74) is 0. The summed E-state index contributed by atoms with van der Waals surface area (Å²) in [6.07, 6.45) is 1.03. The SMILES string of the molecule is CN(Cc1ccc(Cl)s1)C(=O)NCC1CCOC1. The van der Waals surface area contributed by atoms with E-state index in [1.807, 2.05) is 12.1 Å². The zero-order valence-corrected chi connectivity index (χ0v) is 11.9. The minimum absolute atomic E-state index is 0.0496. The number of nitrogens with zero attached hydrogens (tertiary/aromatic N) is 1. The summed E-state index contributed by atoms with van der Waals surface area (Å²) in [6.45, 7) is 2.84. The molecule has 1 fully saturated rings. The molecular formula is C12H17ClN2O2S. The Morgan fingerprint density at radius 2 is 2.50 bits per heavy atom. The van der Waals surface area contributed by atoms with Crippen LogP contribution in [0.25, 0.3) is 0 Å². The normalized spacial score (nSPS) is 18.9. The second kappa shape index (κ2) is 6.41. The maximum Gasteiger partial charge on any atom is 0.317 e. The molecule has 0 bridgehead atoms. The van der Waals surface area contributed by atoms with Crippen LogP contribution >= 0.6 is 22.9 Å². The fourth-order valence-electron chi connectivity index (χ4n) is 1.85. The van der Waals surface area contributed by atoms with Crippen LogP contribution in [0.4, 0.5) is 4.79 Å². The van der Waals surface area contributed by atoms with Crippen molar-refractivity contribution in [2.75, 3.05) is 26.8 Å². The van der Waals surface area contributed by atoms with Gasteiger partial charge in [-0.2, -0.15) is 0 Å². The molecule has 1 saturated heterocycles. The highest BCUT2D eigenvalue weighted by molar-refractivity contribution is 7.16. The average molecular weight is 289 g/mol. The minimum atomic E-state index is -0.0496. The molecule has 100 valence electrons. The van der Waals surface area contributed by atoms with E-state index in [-0.39, 0.29) is 6.03 Å². The van der Waals surface area contributed by atoms with E-state index in [1.54, 1.807) is 11.9 Å². The molecule has 1 aliphatic heterocycles. The molecule has 0 aromatic carbocycles. The average Bonchev–Trinajstić information content (AvgIpc) is 2.97. The van der Waals surface area contributed by atoms with Gasteiger partial charge in [-0.15, -0.1) is 11.3 Å². The second-order valence-corrected chi connectivity index (χ2v) is 6.28. The molecule has 0 spiro atoms. The molecule has 0 radical (unpaired) electrons. The van der Waals surface area contributed by atoms with Crippen LogP contribution < -0.4 is 5.32 Å². The van der Waals surface area contributed by atoms with E-state index in [9.17, 15) is 4.79 Å². The van der Waals surface area contributed by atoms with Gasteiger partial charge in [0.05, 0.1) is 17.5 Å². The first-order valence-corrected chi connectivity index (χ1v) is 7.15. The van der Waals surface area contributed by atoms with E-state index in [1.165, 1.54) is 11.3 Å². The summed E-state index contributed by atoms with van der Waals surface area (Å²) in [5.74, 6) is 0.457. The number of carbonyl (C=O) groups excluding carboxylic acids is 1. The standard InChI is InChI=1S/C12H17ClN2O2S/c1-15(7-10-2-3-11(13)18-10)12(16)14-6-9-4-5-17-8-9/h2-3,9H,4-8H2,1H3,(H,14,16). The Kier molecular flexibility index (Phi) is 4.86. The molecular weight excluding hydrogens is 272 g/mol. The molecule has 18 heavy (non-hydrogen) atoms. The van der Waals surface area contributed by atoms with Gasteiger partial charge in [-0.3, -0.25) is 0 Å². The van der Waals surface area contributed by atoms with Gasteiger partial charge in [-0.05, 0) is 18.6 Å². The molecule has 4 nitrogen and oxygen atoms in total. The number of ether oxygens (including phenoxy) is 1. The van der Waals surface area contributed by atoms with E-state index in [0.29, 0.717) is 19.0 Å². The lowest BCUT2D eigenvalue weighted by Crippen LogP contribution is -2.39. The molecule has 1 unspecified atom stereocenters. The summed E-state index contributed by atoms with van der Waals surface area (Å²) in [6, 6.07) is 3.75. The van der Waals surface area contributed by atoms with E-state index in [4.69, 9.17) is 16.3 Å². The molecule has 2 heterocycles. The van der Waals surface area contributed by atoms with Crippen LogP contribution in [0.3, 0.4) is 0 Å². The number of amides is 2. The molecule has 0 saturated carbocycles. The fourth-order valence-corrected chi connectivity index (χ4v) is 2.99. The number of hydrogen-bond acceptors (Lipinski definition) is 3. The molecule has 0 aliphatic carbocycles. The highest BCUT2D eigenvalue weighted by Crippen LogP contribution is 2.22. The summed E-state index contributed by atoms with van der Waals surface area (Å²) < 4.78 is 6.02. The first-order valence-electron chi connectivity index (χ1n) is 5.96. The number of carbonyl (C=O) groups is 1. The summed E-state index contributed by atoms with van der Waals surface area (Å²) in [7, 11) is 1.79. The maximum absolute atomic E-state index is 11.9. The summed E-state index contributed by atoms with van der Waals surface area (Å²) in [5, 5.41) is 2.93. The van der Waals surface area contributed by atoms with Crippen LogP contribution in [0.15, 0.2) is 12.1 Å². The van der Waals surface area contributed by atoms with Crippen LogP contribution in [0.2, 0.25) is 4.34 Å². The number of halogens is 1. The van der Waals surface area contributed by atoms with Crippen LogP contribution in [-0.2, 0) is 11.3 Å². The molecule has 1 aromatic rings. The van der Waals surface area contributed by atoms with Gasteiger partial charge in [0.15, 0.2) is 0 Å². The van der Waals surface area contributed by atoms with Crippen molar-refractivity contribution < 1.29 is 9.53 Å². The Morgan fingerprint density at radius 3 is 3.11 bits per heavy atom. The first kappa shape index (κ1) is 13.6. The predicted octanol–water partition coefficient (Wildman–Crippen LogP) is 2.58. The number of thiophene rings is 1. The third kappa shape index (κ3) is 3.86. The molecule has 1 N–H and O–H groups in total. The number of rotatable bonds is 4. The molecule has 1 aromatic heterocycles. The van der Waals surface area contributed by atoms with Crippen molar-refractivity contribution in [3.05, 3.63) is 21.3 Å². The van der Waals surface area contributed by atoms with E-state index in [0.717, 1.165) is 28.8 Å². The molecule has 6 heteroatoms. The highest BCUT2D eigenvalue weighted by Gasteiger charge is 2.17. The van der Waals surface area contributed by atoms with Crippen molar-refractivity contribution in [3.63, 3.8) is 0 Å². The Morgan fingerprint density at radius 1 is 1.67 bits per heavy atom. The third-order valence-corrected chi connectivity index (χ3v) is 4.15. The van der Waals surface area contributed by atoms with Gasteiger partial charge in [0, 0.05) is 31.0 Å². The van der Waals surface area contributed by atoms with Crippen molar-refractivity contribution in [2.24, 2.45) is 5.92 Å². The van der Waals surface area contributed by atoms with Crippen molar-refractivity contribution in [1.82, 2.24) is 10.2 Å². The Balaban J connectivity index is 1.74. The third-order valence-electron chi connectivity index (χ3n) is 2.93. The van der Waals surface area contributed by atoms with Crippen LogP contribution in [0.1, 0.15) is 11.3 Å². The van der Waals surface area contributed by atoms with Crippen molar-refractivity contribution in [1.29, 1.82) is 0 Å². The molecule has 1 aliphatic rings. The molecule has 1 atom stereocenters. The van der Waals surface area contributed by atoms with Gasteiger partial charge in [0.1, 0.15) is 0 Å². The van der Waals surface area contributed by atoms with Crippen LogP contribution in [0, 0.1) is 5.92 Å². The Hall–Kier alpha value is -0.780. The van der Waals surface area contributed by atoms with Gasteiger partial charge >= 0.3 is 6.03 Å². The lowest BCUT2D eigenvalue weighted by molar-refractivity contribution is 0.182. The zero-order valence-electron chi connectivity index (χ0n) is 10.3. The topological polar surface area (TPSA) is 41.6 Å². The summed E-state index contributed by atoms with van der Waals surface area (Å²) >= 11 is 7.36. The highest BCUT2D eigenvalue weighted by atomic mass is 35.5. The predicted molar refractivity (Wildman–Crippen MR) is 73.1 cm³/mol. The zero-order chi connectivity index (χ0) is 13.0. The Bertz CT molecular complexity index is 405. The van der Waals surface area contributed by atoms with Gasteiger partial charge in [-0.25, -0.2) is 4.79 Å². The fraction of sp³-hybridized carbons (Fsp3) is 0.583. The summed E-state index contributed by atoms with van der Waals surface area (Å²) in [4.78, 5) is 14.6. The largest absolute Gasteiger partial charge is 0.381 e. The van der Waals surface area contributed by atoms with Gasteiger partial charge in [-0.1, -0.05) is 11.6 Å².